The highest BCUT2D eigenvalue weighted by molar-refractivity contribution is 5.77. The molecular formula is C13H19NO4. The van der Waals surface area contributed by atoms with Crippen molar-refractivity contribution in [1.29, 1.82) is 0 Å². The van der Waals surface area contributed by atoms with Gasteiger partial charge in [-0.15, -0.1) is 0 Å². The number of ether oxygens (including phenoxy) is 1. The Hall–Kier alpha value is -1.75. The van der Waals surface area contributed by atoms with Gasteiger partial charge in [-0.3, -0.25) is 4.79 Å². The molecule has 0 aliphatic rings. The third-order valence-corrected chi connectivity index (χ3v) is 2.54. The van der Waals surface area contributed by atoms with Crippen LogP contribution in [0, 0.1) is 0 Å². The molecule has 18 heavy (non-hydrogen) atoms. The molecule has 0 unspecified atom stereocenters. The van der Waals surface area contributed by atoms with Crippen molar-refractivity contribution in [2.24, 2.45) is 0 Å². The van der Waals surface area contributed by atoms with E-state index in [0.717, 1.165) is 0 Å². The molecule has 100 valence electrons. The van der Waals surface area contributed by atoms with Crippen LogP contribution in [0.1, 0.15) is 13.3 Å². The Morgan fingerprint density at radius 1 is 1.39 bits per heavy atom. The predicted octanol–water partition coefficient (Wildman–Crippen LogP) is 1.00. The summed E-state index contributed by atoms with van der Waals surface area (Å²) < 4.78 is 5.26. The predicted molar refractivity (Wildman–Crippen MR) is 67.6 cm³/mol. The second-order valence-corrected chi connectivity index (χ2v) is 3.81. The third-order valence-electron chi connectivity index (χ3n) is 2.54. The lowest BCUT2D eigenvalue weighted by Gasteiger charge is -2.20. The van der Waals surface area contributed by atoms with E-state index in [-0.39, 0.29) is 24.9 Å². The molecule has 1 aromatic rings. The lowest BCUT2D eigenvalue weighted by molar-refractivity contribution is -0.133. The molecule has 2 N–H and O–H groups in total. The quantitative estimate of drug-likeness (QED) is 0.760. The standard InChI is InChI=1S/C13H19NO4/c1-2-14(8-5-9-15)13(17)10-18-12-7-4-3-6-11(12)16/h3-4,6-7,15-16H,2,5,8-10H2,1H3. The number of aliphatic hydroxyl groups is 1. The number of para-hydroxylation sites is 2. The number of aliphatic hydroxyl groups excluding tert-OH is 1. The molecule has 5 heteroatoms. The van der Waals surface area contributed by atoms with Crippen LogP contribution in [0.25, 0.3) is 0 Å². The van der Waals surface area contributed by atoms with Gasteiger partial charge >= 0.3 is 0 Å². The molecule has 0 aliphatic carbocycles. The number of rotatable bonds is 7. The van der Waals surface area contributed by atoms with Gasteiger partial charge in [-0.05, 0) is 25.5 Å². The minimum Gasteiger partial charge on any atom is -0.504 e. The first-order chi connectivity index (χ1) is 8.69. The zero-order chi connectivity index (χ0) is 13.4. The Balaban J connectivity index is 2.47. The lowest BCUT2D eigenvalue weighted by Crippen LogP contribution is -2.35. The smallest absolute Gasteiger partial charge is 0.260 e. The topological polar surface area (TPSA) is 70.0 Å². The largest absolute Gasteiger partial charge is 0.504 e. The van der Waals surface area contributed by atoms with Crippen LogP contribution in [0.5, 0.6) is 11.5 Å². The van der Waals surface area contributed by atoms with E-state index in [0.29, 0.717) is 25.3 Å². The van der Waals surface area contributed by atoms with Crippen molar-refractivity contribution in [3.05, 3.63) is 24.3 Å². The normalized spacial score (nSPS) is 10.1. The Labute approximate surface area is 107 Å². The second-order valence-electron chi connectivity index (χ2n) is 3.81. The average Bonchev–Trinajstić information content (AvgIpc) is 2.38. The van der Waals surface area contributed by atoms with Crippen LogP contribution in [0.4, 0.5) is 0 Å². The highest BCUT2D eigenvalue weighted by Gasteiger charge is 2.12. The van der Waals surface area contributed by atoms with Gasteiger partial charge < -0.3 is 19.8 Å². The summed E-state index contributed by atoms with van der Waals surface area (Å²) in [6.07, 6.45) is 0.552. The van der Waals surface area contributed by atoms with Crippen LogP contribution in [0.15, 0.2) is 24.3 Å². The molecule has 1 amide bonds. The van der Waals surface area contributed by atoms with Crippen molar-refractivity contribution in [3.63, 3.8) is 0 Å². The number of amides is 1. The summed E-state index contributed by atoms with van der Waals surface area (Å²) in [5.74, 6) is 0.155. The van der Waals surface area contributed by atoms with Crippen LogP contribution >= 0.6 is 0 Å². The van der Waals surface area contributed by atoms with E-state index < -0.39 is 0 Å². The fourth-order valence-electron chi connectivity index (χ4n) is 1.53. The summed E-state index contributed by atoms with van der Waals surface area (Å²) in [6, 6.07) is 6.52. The van der Waals surface area contributed by atoms with E-state index in [1.165, 1.54) is 6.07 Å². The van der Waals surface area contributed by atoms with Crippen molar-refractivity contribution in [2.75, 3.05) is 26.3 Å². The fraction of sp³-hybridized carbons (Fsp3) is 0.462. The number of aromatic hydroxyl groups is 1. The van der Waals surface area contributed by atoms with Gasteiger partial charge in [0.1, 0.15) is 0 Å². The van der Waals surface area contributed by atoms with E-state index >= 15 is 0 Å². The van der Waals surface area contributed by atoms with Crippen molar-refractivity contribution in [3.8, 4) is 11.5 Å². The highest BCUT2D eigenvalue weighted by atomic mass is 16.5. The summed E-state index contributed by atoms with van der Waals surface area (Å²) >= 11 is 0. The first-order valence-corrected chi connectivity index (χ1v) is 5.98. The van der Waals surface area contributed by atoms with Crippen LogP contribution in [-0.4, -0.2) is 47.3 Å². The number of carbonyl (C=O) groups excluding carboxylic acids is 1. The minimum absolute atomic E-state index is 0.0173. The van der Waals surface area contributed by atoms with Gasteiger partial charge in [0, 0.05) is 19.7 Å². The maximum absolute atomic E-state index is 11.8. The number of hydrogen-bond acceptors (Lipinski definition) is 4. The van der Waals surface area contributed by atoms with Gasteiger partial charge in [0.15, 0.2) is 18.1 Å². The van der Waals surface area contributed by atoms with E-state index in [9.17, 15) is 9.90 Å². The number of carbonyl (C=O) groups is 1. The summed E-state index contributed by atoms with van der Waals surface area (Å²) in [5.41, 5.74) is 0. The molecule has 0 aliphatic heterocycles. The van der Waals surface area contributed by atoms with Gasteiger partial charge in [0.05, 0.1) is 0 Å². The first-order valence-electron chi connectivity index (χ1n) is 5.98. The van der Waals surface area contributed by atoms with E-state index in [2.05, 4.69) is 0 Å². The molecule has 0 radical (unpaired) electrons. The molecule has 1 aromatic carbocycles. The zero-order valence-electron chi connectivity index (χ0n) is 10.5. The Morgan fingerprint density at radius 3 is 2.72 bits per heavy atom. The molecule has 1 rings (SSSR count). The number of phenolic OH excluding ortho intramolecular Hbond substituents is 1. The SMILES string of the molecule is CCN(CCCO)C(=O)COc1ccccc1O. The van der Waals surface area contributed by atoms with Crippen molar-refractivity contribution in [1.82, 2.24) is 4.90 Å². The van der Waals surface area contributed by atoms with Gasteiger partial charge in [-0.2, -0.15) is 0 Å². The maximum atomic E-state index is 11.8. The summed E-state index contributed by atoms with van der Waals surface area (Å²) in [5, 5.41) is 18.2. The molecule has 0 heterocycles. The summed E-state index contributed by atoms with van der Waals surface area (Å²) in [6.45, 7) is 2.90. The second kappa shape index (κ2) is 7.55. The molecule has 0 saturated carbocycles. The van der Waals surface area contributed by atoms with Crippen LogP contribution in [0.3, 0.4) is 0 Å². The Bertz CT molecular complexity index is 381. The number of likely N-dealkylation sites (N-methyl/N-ethyl adjacent to an activating group) is 1. The minimum atomic E-state index is -0.158. The maximum Gasteiger partial charge on any atom is 0.260 e. The number of benzene rings is 1. The Morgan fingerprint density at radius 2 is 2.11 bits per heavy atom. The molecule has 0 fully saturated rings. The average molecular weight is 253 g/mol. The van der Waals surface area contributed by atoms with Crippen LogP contribution in [0.2, 0.25) is 0 Å². The molecule has 0 bridgehead atoms. The van der Waals surface area contributed by atoms with Crippen LogP contribution in [-0.2, 0) is 4.79 Å². The van der Waals surface area contributed by atoms with Crippen molar-refractivity contribution >= 4 is 5.91 Å². The fourth-order valence-corrected chi connectivity index (χ4v) is 1.53. The molecule has 0 aromatic heterocycles. The van der Waals surface area contributed by atoms with Gasteiger partial charge in [-0.25, -0.2) is 0 Å². The lowest BCUT2D eigenvalue weighted by atomic mass is 10.3. The molecule has 0 saturated heterocycles. The monoisotopic (exact) mass is 253 g/mol. The van der Waals surface area contributed by atoms with Gasteiger partial charge in [0.2, 0.25) is 0 Å². The number of hydrogen-bond donors (Lipinski definition) is 2. The van der Waals surface area contributed by atoms with Gasteiger partial charge in [-0.1, -0.05) is 12.1 Å². The van der Waals surface area contributed by atoms with Crippen molar-refractivity contribution < 1.29 is 19.7 Å². The molecule has 5 nitrogen and oxygen atoms in total. The summed E-state index contributed by atoms with van der Waals surface area (Å²) in [7, 11) is 0. The Kier molecular flexibility index (Phi) is 6.00. The van der Waals surface area contributed by atoms with E-state index in [4.69, 9.17) is 9.84 Å². The van der Waals surface area contributed by atoms with Gasteiger partial charge in [0.25, 0.3) is 5.91 Å². The first kappa shape index (κ1) is 14.3. The molecule has 0 spiro atoms. The van der Waals surface area contributed by atoms with Crippen molar-refractivity contribution in [2.45, 2.75) is 13.3 Å². The number of nitrogens with zero attached hydrogens (tertiary/aromatic N) is 1. The third kappa shape index (κ3) is 4.25. The molecule has 0 atom stereocenters. The highest BCUT2D eigenvalue weighted by Crippen LogP contribution is 2.24. The van der Waals surface area contributed by atoms with E-state index in [1.54, 1.807) is 23.1 Å². The van der Waals surface area contributed by atoms with E-state index in [1.807, 2.05) is 6.92 Å². The van der Waals surface area contributed by atoms with Crippen LogP contribution < -0.4 is 4.74 Å². The number of phenols is 1. The molecular weight excluding hydrogens is 234 g/mol. The zero-order valence-corrected chi connectivity index (χ0v) is 10.5. The summed E-state index contributed by atoms with van der Waals surface area (Å²) in [4.78, 5) is 13.4.